The lowest BCUT2D eigenvalue weighted by molar-refractivity contribution is 0.0324. The van der Waals surface area contributed by atoms with E-state index in [0.717, 1.165) is 68.1 Å². The van der Waals surface area contributed by atoms with Crippen molar-refractivity contribution in [2.45, 2.75) is 13.1 Å². The molecule has 1 fully saturated rings. The van der Waals surface area contributed by atoms with Gasteiger partial charge in [-0.2, -0.15) is 0 Å². The first-order valence-electron chi connectivity index (χ1n) is 9.73. The van der Waals surface area contributed by atoms with Gasteiger partial charge >= 0.3 is 0 Å². The maximum Gasteiger partial charge on any atom is 0.127 e. The van der Waals surface area contributed by atoms with Crippen LogP contribution in [-0.2, 0) is 17.8 Å². The Balaban J connectivity index is 1.49. The summed E-state index contributed by atoms with van der Waals surface area (Å²) in [5.41, 5.74) is 3.66. The summed E-state index contributed by atoms with van der Waals surface area (Å²) in [4.78, 5) is 13.4. The average Bonchev–Trinajstić information content (AvgIpc) is 2.74. The molecule has 0 saturated carbocycles. The molecule has 1 aliphatic rings. The van der Waals surface area contributed by atoms with Crippen molar-refractivity contribution in [3.05, 3.63) is 71.8 Å². The number of ether oxygens (including phenoxy) is 1. The fourth-order valence-corrected chi connectivity index (χ4v) is 3.55. The molecule has 1 aromatic heterocycles. The number of morpholine rings is 1. The molecule has 0 amide bonds. The summed E-state index contributed by atoms with van der Waals surface area (Å²) in [5, 5.41) is 0. The van der Waals surface area contributed by atoms with Crippen LogP contribution in [0.3, 0.4) is 0 Å². The Morgan fingerprint density at radius 2 is 1.75 bits per heavy atom. The molecule has 6 heteroatoms. The van der Waals surface area contributed by atoms with Crippen molar-refractivity contribution in [1.82, 2.24) is 19.8 Å². The molecule has 1 aliphatic heterocycles. The summed E-state index contributed by atoms with van der Waals surface area (Å²) in [6.45, 7) is 6.63. The summed E-state index contributed by atoms with van der Waals surface area (Å²) in [6.07, 6.45) is 3.41. The van der Waals surface area contributed by atoms with Crippen LogP contribution in [0.1, 0.15) is 11.1 Å². The molecule has 146 valence electrons. The fraction of sp³-hybridized carbons (Fsp3) is 0.364. The second-order valence-corrected chi connectivity index (χ2v) is 7.14. The summed E-state index contributed by atoms with van der Waals surface area (Å²) in [5.74, 6) is -0.150. The van der Waals surface area contributed by atoms with Crippen LogP contribution in [0.15, 0.2) is 54.9 Å². The number of fused-ring (bicyclic) bond motifs is 1. The molecule has 1 saturated heterocycles. The SMILES string of the molecule is Fc1ccccc1CN(CCN1CCOCC1)Cc1ccc2nccnc2c1. The van der Waals surface area contributed by atoms with Gasteiger partial charge in [0.25, 0.3) is 0 Å². The number of aromatic nitrogens is 2. The largest absolute Gasteiger partial charge is 0.379 e. The molecule has 4 rings (SSSR count). The summed E-state index contributed by atoms with van der Waals surface area (Å²) < 4.78 is 19.7. The standard InChI is InChI=1S/C22H25FN4O/c23-20-4-2-1-3-19(20)17-27(10-9-26-11-13-28-14-12-26)16-18-5-6-21-22(15-18)25-8-7-24-21/h1-8,15H,9-14,16-17H2. The van der Waals surface area contributed by atoms with Crippen molar-refractivity contribution >= 4 is 11.0 Å². The molecule has 3 aromatic rings. The minimum atomic E-state index is -0.150. The predicted octanol–water partition coefficient (Wildman–Crippen LogP) is 3.10. The highest BCUT2D eigenvalue weighted by Gasteiger charge is 2.15. The molecule has 5 nitrogen and oxygen atoms in total. The smallest absolute Gasteiger partial charge is 0.127 e. The van der Waals surface area contributed by atoms with E-state index in [1.54, 1.807) is 18.5 Å². The minimum absolute atomic E-state index is 0.150. The zero-order chi connectivity index (χ0) is 19.2. The Hall–Kier alpha value is -2.41. The molecule has 2 aromatic carbocycles. The number of hydrogen-bond acceptors (Lipinski definition) is 5. The van der Waals surface area contributed by atoms with Crippen LogP contribution >= 0.6 is 0 Å². The van der Waals surface area contributed by atoms with E-state index in [9.17, 15) is 4.39 Å². The van der Waals surface area contributed by atoms with E-state index < -0.39 is 0 Å². The Morgan fingerprint density at radius 1 is 0.964 bits per heavy atom. The normalized spacial score (nSPS) is 15.4. The summed E-state index contributed by atoms with van der Waals surface area (Å²) >= 11 is 0. The lowest BCUT2D eigenvalue weighted by Crippen LogP contribution is -2.41. The highest BCUT2D eigenvalue weighted by Crippen LogP contribution is 2.16. The molecule has 28 heavy (non-hydrogen) atoms. The lowest BCUT2D eigenvalue weighted by Gasteiger charge is -2.30. The quantitative estimate of drug-likeness (QED) is 0.630. The van der Waals surface area contributed by atoms with Crippen LogP contribution in [0.5, 0.6) is 0 Å². The fourth-order valence-electron chi connectivity index (χ4n) is 3.55. The Kier molecular flexibility index (Phi) is 6.21. The predicted molar refractivity (Wildman–Crippen MR) is 107 cm³/mol. The second-order valence-electron chi connectivity index (χ2n) is 7.14. The third kappa shape index (κ3) is 4.90. The molecular weight excluding hydrogens is 355 g/mol. The van der Waals surface area contributed by atoms with Crippen LogP contribution < -0.4 is 0 Å². The van der Waals surface area contributed by atoms with Crippen molar-refractivity contribution in [2.75, 3.05) is 39.4 Å². The topological polar surface area (TPSA) is 41.5 Å². The van der Waals surface area contributed by atoms with E-state index in [1.807, 2.05) is 18.2 Å². The van der Waals surface area contributed by atoms with E-state index in [-0.39, 0.29) is 5.82 Å². The Morgan fingerprint density at radius 3 is 2.57 bits per heavy atom. The van der Waals surface area contributed by atoms with Gasteiger partial charge in [0, 0.05) is 57.2 Å². The molecule has 2 heterocycles. The monoisotopic (exact) mass is 380 g/mol. The van der Waals surface area contributed by atoms with E-state index >= 15 is 0 Å². The van der Waals surface area contributed by atoms with Crippen LogP contribution in [-0.4, -0.2) is 59.2 Å². The molecule has 0 unspecified atom stereocenters. The molecule has 0 N–H and O–H groups in total. The number of halogens is 1. The van der Waals surface area contributed by atoms with E-state index in [4.69, 9.17) is 4.74 Å². The number of rotatable bonds is 7. The van der Waals surface area contributed by atoms with Crippen LogP contribution in [0, 0.1) is 5.82 Å². The van der Waals surface area contributed by atoms with Crippen LogP contribution in [0.25, 0.3) is 11.0 Å². The van der Waals surface area contributed by atoms with Gasteiger partial charge in [-0.05, 0) is 23.8 Å². The molecule has 0 radical (unpaired) electrons. The second kappa shape index (κ2) is 9.19. The first-order valence-corrected chi connectivity index (χ1v) is 9.73. The zero-order valence-corrected chi connectivity index (χ0v) is 15.9. The third-order valence-electron chi connectivity index (χ3n) is 5.13. The Labute approximate surface area is 164 Å². The van der Waals surface area contributed by atoms with Crippen molar-refractivity contribution in [3.8, 4) is 0 Å². The van der Waals surface area contributed by atoms with E-state index in [2.05, 4.69) is 31.9 Å². The maximum atomic E-state index is 14.2. The van der Waals surface area contributed by atoms with E-state index in [1.165, 1.54) is 6.07 Å². The van der Waals surface area contributed by atoms with Gasteiger partial charge in [0.15, 0.2) is 0 Å². The van der Waals surface area contributed by atoms with Crippen molar-refractivity contribution in [1.29, 1.82) is 0 Å². The molecule has 0 atom stereocenters. The third-order valence-corrected chi connectivity index (χ3v) is 5.13. The van der Waals surface area contributed by atoms with Crippen molar-refractivity contribution in [2.24, 2.45) is 0 Å². The molecule has 0 bridgehead atoms. The summed E-state index contributed by atoms with van der Waals surface area (Å²) in [7, 11) is 0. The zero-order valence-electron chi connectivity index (χ0n) is 15.9. The minimum Gasteiger partial charge on any atom is -0.379 e. The highest BCUT2D eigenvalue weighted by atomic mass is 19.1. The van der Waals surface area contributed by atoms with Crippen molar-refractivity contribution < 1.29 is 9.13 Å². The molecular formula is C22H25FN4O. The van der Waals surface area contributed by atoms with Gasteiger partial charge in [-0.25, -0.2) is 4.39 Å². The van der Waals surface area contributed by atoms with Crippen molar-refractivity contribution in [3.63, 3.8) is 0 Å². The van der Waals surface area contributed by atoms with Crippen LogP contribution in [0.4, 0.5) is 4.39 Å². The first-order chi connectivity index (χ1) is 13.8. The number of nitrogens with zero attached hydrogens (tertiary/aromatic N) is 4. The van der Waals surface area contributed by atoms with Gasteiger partial charge in [0.05, 0.1) is 24.2 Å². The number of benzene rings is 2. The van der Waals surface area contributed by atoms with Gasteiger partial charge in [-0.3, -0.25) is 19.8 Å². The van der Waals surface area contributed by atoms with Crippen LogP contribution in [0.2, 0.25) is 0 Å². The maximum absolute atomic E-state index is 14.2. The average molecular weight is 380 g/mol. The Bertz CT molecular complexity index is 914. The van der Waals surface area contributed by atoms with E-state index in [0.29, 0.717) is 6.54 Å². The molecule has 0 spiro atoms. The lowest BCUT2D eigenvalue weighted by atomic mass is 10.1. The van der Waals surface area contributed by atoms with Gasteiger partial charge < -0.3 is 4.74 Å². The highest BCUT2D eigenvalue weighted by molar-refractivity contribution is 5.74. The van der Waals surface area contributed by atoms with Gasteiger partial charge in [-0.15, -0.1) is 0 Å². The van der Waals surface area contributed by atoms with Gasteiger partial charge in [0.2, 0.25) is 0 Å². The number of hydrogen-bond donors (Lipinski definition) is 0. The van der Waals surface area contributed by atoms with Gasteiger partial charge in [-0.1, -0.05) is 24.3 Å². The molecule has 0 aliphatic carbocycles. The first kappa shape index (κ1) is 18.9. The van der Waals surface area contributed by atoms with Gasteiger partial charge in [0.1, 0.15) is 5.82 Å². The summed E-state index contributed by atoms with van der Waals surface area (Å²) in [6, 6.07) is 13.2.